The quantitative estimate of drug-likeness (QED) is 0.547. The van der Waals surface area contributed by atoms with Crippen molar-refractivity contribution in [2.24, 2.45) is 0 Å². The summed E-state index contributed by atoms with van der Waals surface area (Å²) >= 11 is 0. The second-order valence-electron chi connectivity index (χ2n) is 6.43. The maximum absolute atomic E-state index is 5.58. The molecule has 26 heavy (non-hydrogen) atoms. The zero-order valence-electron chi connectivity index (χ0n) is 15.6. The lowest BCUT2D eigenvalue weighted by molar-refractivity contribution is 0.397. The molecule has 0 atom stereocenters. The second kappa shape index (κ2) is 6.02. The SMILES string of the molecule is COc1cc(OC)c2nc(C)c3c(C)nn(-c4ccccc4C)c3c2c1. The summed E-state index contributed by atoms with van der Waals surface area (Å²) in [6.45, 7) is 6.13. The lowest BCUT2D eigenvalue weighted by Gasteiger charge is -2.13. The van der Waals surface area contributed by atoms with E-state index in [1.54, 1.807) is 14.2 Å². The maximum Gasteiger partial charge on any atom is 0.148 e. The van der Waals surface area contributed by atoms with Crippen molar-refractivity contribution in [1.82, 2.24) is 14.8 Å². The molecule has 0 N–H and O–H groups in total. The lowest BCUT2D eigenvalue weighted by Crippen LogP contribution is -2.01. The van der Waals surface area contributed by atoms with Gasteiger partial charge in [0, 0.05) is 22.5 Å². The van der Waals surface area contributed by atoms with E-state index in [1.807, 2.05) is 42.8 Å². The molecule has 0 aliphatic rings. The third kappa shape index (κ3) is 2.31. The summed E-state index contributed by atoms with van der Waals surface area (Å²) in [5.74, 6) is 1.43. The summed E-state index contributed by atoms with van der Waals surface area (Å²) in [5, 5.41) is 6.87. The van der Waals surface area contributed by atoms with Gasteiger partial charge in [0.05, 0.1) is 31.1 Å². The Bertz CT molecular complexity index is 1150. The van der Waals surface area contributed by atoms with Crippen molar-refractivity contribution in [2.75, 3.05) is 14.2 Å². The van der Waals surface area contributed by atoms with Crippen molar-refractivity contribution >= 4 is 21.8 Å². The van der Waals surface area contributed by atoms with Crippen LogP contribution in [0.3, 0.4) is 0 Å². The zero-order chi connectivity index (χ0) is 18.4. The van der Waals surface area contributed by atoms with Crippen molar-refractivity contribution in [3.63, 3.8) is 0 Å². The van der Waals surface area contributed by atoms with Gasteiger partial charge in [-0.1, -0.05) is 18.2 Å². The Kier molecular flexibility index (Phi) is 3.80. The van der Waals surface area contributed by atoms with Gasteiger partial charge in [0.2, 0.25) is 0 Å². The van der Waals surface area contributed by atoms with Crippen molar-refractivity contribution in [3.05, 3.63) is 53.3 Å². The van der Waals surface area contributed by atoms with Crippen LogP contribution in [0.25, 0.3) is 27.5 Å². The molecule has 5 nitrogen and oxygen atoms in total. The van der Waals surface area contributed by atoms with Gasteiger partial charge in [-0.25, -0.2) is 9.67 Å². The van der Waals surface area contributed by atoms with Crippen LogP contribution in [-0.4, -0.2) is 29.0 Å². The Morgan fingerprint density at radius 3 is 2.38 bits per heavy atom. The number of fused-ring (bicyclic) bond motifs is 3. The topological polar surface area (TPSA) is 49.2 Å². The number of hydrogen-bond acceptors (Lipinski definition) is 4. The Morgan fingerprint density at radius 2 is 1.69 bits per heavy atom. The molecule has 0 unspecified atom stereocenters. The molecular weight excluding hydrogens is 326 g/mol. The molecular formula is C21H21N3O2. The highest BCUT2D eigenvalue weighted by molar-refractivity contribution is 6.08. The maximum atomic E-state index is 5.58. The van der Waals surface area contributed by atoms with Crippen molar-refractivity contribution in [2.45, 2.75) is 20.8 Å². The average Bonchev–Trinajstić information content (AvgIpc) is 2.99. The van der Waals surface area contributed by atoms with Gasteiger partial charge in [0.15, 0.2) is 0 Å². The molecule has 0 aliphatic heterocycles. The fourth-order valence-corrected chi connectivity index (χ4v) is 3.56. The van der Waals surface area contributed by atoms with Gasteiger partial charge in [0.25, 0.3) is 0 Å². The van der Waals surface area contributed by atoms with Crippen LogP contribution in [0.1, 0.15) is 17.0 Å². The van der Waals surface area contributed by atoms with Crippen molar-refractivity contribution in [3.8, 4) is 17.2 Å². The van der Waals surface area contributed by atoms with Crippen LogP contribution in [0.5, 0.6) is 11.5 Å². The number of hydrogen-bond donors (Lipinski definition) is 0. The predicted octanol–water partition coefficient (Wildman–Crippen LogP) is 4.52. The van der Waals surface area contributed by atoms with E-state index in [4.69, 9.17) is 19.6 Å². The molecule has 5 heteroatoms. The molecule has 2 aromatic carbocycles. The van der Waals surface area contributed by atoms with E-state index in [0.717, 1.165) is 50.2 Å². The van der Waals surface area contributed by atoms with Crippen molar-refractivity contribution in [1.29, 1.82) is 0 Å². The van der Waals surface area contributed by atoms with Gasteiger partial charge < -0.3 is 9.47 Å². The monoisotopic (exact) mass is 347 g/mol. The molecule has 0 radical (unpaired) electrons. The number of methoxy groups -OCH3 is 2. The highest BCUT2D eigenvalue weighted by atomic mass is 16.5. The predicted molar refractivity (Wildman–Crippen MR) is 104 cm³/mol. The number of nitrogens with zero attached hydrogens (tertiary/aromatic N) is 3. The number of aromatic nitrogens is 3. The molecule has 2 aromatic heterocycles. The summed E-state index contributed by atoms with van der Waals surface area (Å²) in [6, 6.07) is 12.1. The fourth-order valence-electron chi connectivity index (χ4n) is 3.56. The van der Waals surface area contributed by atoms with Crippen LogP contribution in [0.2, 0.25) is 0 Å². The van der Waals surface area contributed by atoms with E-state index in [-0.39, 0.29) is 0 Å². The normalized spacial score (nSPS) is 11.3. The molecule has 0 spiro atoms. The molecule has 0 amide bonds. The number of ether oxygens (including phenoxy) is 2. The minimum absolute atomic E-state index is 0.694. The number of rotatable bonds is 3. The first-order valence-electron chi connectivity index (χ1n) is 8.52. The van der Waals surface area contributed by atoms with Crippen LogP contribution in [0.15, 0.2) is 36.4 Å². The van der Waals surface area contributed by atoms with E-state index < -0.39 is 0 Å². The summed E-state index contributed by atoms with van der Waals surface area (Å²) in [4.78, 5) is 4.81. The van der Waals surface area contributed by atoms with Gasteiger partial charge in [-0.15, -0.1) is 0 Å². The molecule has 0 bridgehead atoms. The number of para-hydroxylation sites is 1. The highest BCUT2D eigenvalue weighted by Gasteiger charge is 2.19. The molecule has 4 aromatic rings. The van der Waals surface area contributed by atoms with Gasteiger partial charge in [-0.3, -0.25) is 0 Å². The highest BCUT2D eigenvalue weighted by Crippen LogP contribution is 2.37. The van der Waals surface area contributed by atoms with Crippen LogP contribution in [0.4, 0.5) is 0 Å². The molecule has 0 aliphatic carbocycles. The van der Waals surface area contributed by atoms with E-state index in [9.17, 15) is 0 Å². The van der Waals surface area contributed by atoms with Gasteiger partial charge in [-0.2, -0.15) is 5.10 Å². The molecule has 0 fully saturated rings. The Balaban J connectivity index is 2.23. The second-order valence-corrected chi connectivity index (χ2v) is 6.43. The first-order valence-corrected chi connectivity index (χ1v) is 8.52. The largest absolute Gasteiger partial charge is 0.497 e. The fraction of sp³-hybridized carbons (Fsp3) is 0.238. The van der Waals surface area contributed by atoms with Crippen LogP contribution < -0.4 is 9.47 Å². The third-order valence-electron chi connectivity index (χ3n) is 4.80. The summed E-state index contributed by atoms with van der Waals surface area (Å²) in [7, 11) is 3.31. The Labute approximate surface area is 152 Å². The van der Waals surface area contributed by atoms with E-state index in [1.165, 1.54) is 0 Å². The first kappa shape index (κ1) is 16.4. The Hall–Kier alpha value is -3.08. The van der Waals surface area contributed by atoms with E-state index >= 15 is 0 Å². The lowest BCUT2D eigenvalue weighted by atomic mass is 10.1. The van der Waals surface area contributed by atoms with Crippen molar-refractivity contribution < 1.29 is 9.47 Å². The van der Waals surface area contributed by atoms with Crippen LogP contribution in [0, 0.1) is 20.8 Å². The van der Waals surface area contributed by atoms with Gasteiger partial charge in [0.1, 0.15) is 17.0 Å². The standard InChI is InChI=1S/C21H21N3O2/c1-12-8-6-7-9-17(12)24-21-16-10-15(25-4)11-18(26-5)20(16)22-13(2)19(21)14(3)23-24/h6-11H,1-5H3. The van der Waals surface area contributed by atoms with E-state index in [0.29, 0.717) is 5.75 Å². The summed E-state index contributed by atoms with van der Waals surface area (Å²) in [6.07, 6.45) is 0. The summed E-state index contributed by atoms with van der Waals surface area (Å²) in [5.41, 5.74) is 5.95. The van der Waals surface area contributed by atoms with Crippen LogP contribution >= 0.6 is 0 Å². The third-order valence-corrected chi connectivity index (χ3v) is 4.80. The minimum atomic E-state index is 0.694. The first-order chi connectivity index (χ1) is 12.5. The molecule has 0 saturated carbocycles. The Morgan fingerprint density at radius 1 is 0.923 bits per heavy atom. The van der Waals surface area contributed by atoms with Gasteiger partial charge >= 0.3 is 0 Å². The molecule has 132 valence electrons. The molecule has 0 saturated heterocycles. The number of benzene rings is 2. The number of pyridine rings is 1. The minimum Gasteiger partial charge on any atom is -0.497 e. The molecule has 4 rings (SSSR count). The van der Waals surface area contributed by atoms with E-state index in [2.05, 4.69) is 19.1 Å². The smallest absolute Gasteiger partial charge is 0.148 e. The number of aryl methyl sites for hydroxylation is 3. The average molecular weight is 347 g/mol. The molecule has 2 heterocycles. The summed E-state index contributed by atoms with van der Waals surface area (Å²) < 4.78 is 13.1. The van der Waals surface area contributed by atoms with Crippen LogP contribution in [-0.2, 0) is 0 Å². The van der Waals surface area contributed by atoms with Gasteiger partial charge in [-0.05, 0) is 38.5 Å². The zero-order valence-corrected chi connectivity index (χ0v) is 15.6.